The maximum Gasteiger partial charge on any atom is 0.356 e. The quantitative estimate of drug-likeness (QED) is 0.524. The first-order valence-corrected chi connectivity index (χ1v) is 8.37. The fourth-order valence-electron chi connectivity index (χ4n) is 2.88. The molecular weight excluding hydrogens is 348 g/mol. The van der Waals surface area contributed by atoms with Crippen LogP contribution in [0.4, 0.5) is 0 Å². The van der Waals surface area contributed by atoms with Gasteiger partial charge in [0.1, 0.15) is 17.9 Å². The maximum absolute atomic E-state index is 12.6. The van der Waals surface area contributed by atoms with Crippen molar-refractivity contribution in [1.29, 1.82) is 0 Å². The fourth-order valence-corrected chi connectivity index (χ4v) is 2.88. The molecule has 0 aliphatic carbocycles. The lowest BCUT2D eigenvalue weighted by Crippen LogP contribution is -2.39. The Morgan fingerprint density at radius 3 is 2.37 bits per heavy atom. The smallest absolute Gasteiger partial charge is 0.356 e. The number of carbonyl (C=O) groups is 2. The minimum absolute atomic E-state index is 0.0248. The van der Waals surface area contributed by atoms with Gasteiger partial charge in [0.05, 0.1) is 7.11 Å². The Hall–Kier alpha value is -3.54. The van der Waals surface area contributed by atoms with E-state index in [0.29, 0.717) is 11.5 Å². The molecule has 6 heteroatoms. The van der Waals surface area contributed by atoms with Crippen molar-refractivity contribution in [3.8, 4) is 17.2 Å². The summed E-state index contributed by atoms with van der Waals surface area (Å²) in [6, 6.07) is 17.8. The van der Waals surface area contributed by atoms with E-state index >= 15 is 0 Å². The highest BCUT2D eigenvalue weighted by molar-refractivity contribution is 5.99. The molecule has 0 saturated heterocycles. The molecule has 6 nitrogen and oxygen atoms in total. The molecule has 0 amide bonds. The highest BCUT2D eigenvalue weighted by atomic mass is 16.6. The van der Waals surface area contributed by atoms with Gasteiger partial charge < -0.3 is 18.9 Å². The number of hydrogen-bond donors (Lipinski definition) is 0. The molecule has 0 N–H and O–H groups in total. The number of ether oxygens (including phenoxy) is 4. The predicted octanol–water partition coefficient (Wildman–Crippen LogP) is 3.37. The number of para-hydroxylation sites is 2. The van der Waals surface area contributed by atoms with E-state index in [9.17, 15) is 9.59 Å². The summed E-state index contributed by atoms with van der Waals surface area (Å²) in [5, 5.41) is 1.67. The van der Waals surface area contributed by atoms with Crippen molar-refractivity contribution in [3.05, 3.63) is 66.2 Å². The van der Waals surface area contributed by atoms with Crippen molar-refractivity contribution >= 4 is 22.7 Å². The van der Waals surface area contributed by atoms with E-state index < -0.39 is 18.0 Å². The van der Waals surface area contributed by atoms with Crippen molar-refractivity contribution in [1.82, 2.24) is 0 Å². The molecule has 0 spiro atoms. The van der Waals surface area contributed by atoms with Gasteiger partial charge in [0, 0.05) is 0 Å². The summed E-state index contributed by atoms with van der Waals surface area (Å²) in [7, 11) is 1.28. The Bertz CT molecular complexity index is 1030. The number of esters is 2. The van der Waals surface area contributed by atoms with Crippen LogP contribution in [0.3, 0.4) is 0 Å². The molecule has 0 unspecified atom stereocenters. The molecule has 136 valence electrons. The Morgan fingerprint density at radius 1 is 0.963 bits per heavy atom. The van der Waals surface area contributed by atoms with E-state index in [1.807, 2.05) is 30.3 Å². The van der Waals surface area contributed by atoms with Crippen molar-refractivity contribution in [2.45, 2.75) is 6.10 Å². The van der Waals surface area contributed by atoms with Crippen LogP contribution in [0.5, 0.6) is 17.2 Å². The van der Waals surface area contributed by atoms with Crippen LogP contribution in [-0.2, 0) is 9.53 Å². The zero-order valence-electron chi connectivity index (χ0n) is 14.5. The summed E-state index contributed by atoms with van der Waals surface area (Å²) in [5.74, 6) is -0.0763. The van der Waals surface area contributed by atoms with Gasteiger partial charge in [0.15, 0.2) is 11.5 Å². The third-order valence-electron chi connectivity index (χ3n) is 4.24. The number of rotatable bonds is 3. The minimum atomic E-state index is -0.933. The van der Waals surface area contributed by atoms with Gasteiger partial charge in [-0.2, -0.15) is 0 Å². The molecule has 1 aliphatic rings. The van der Waals surface area contributed by atoms with E-state index in [-0.39, 0.29) is 17.9 Å². The fraction of sp³-hybridized carbons (Fsp3) is 0.143. The van der Waals surface area contributed by atoms with E-state index in [2.05, 4.69) is 0 Å². The van der Waals surface area contributed by atoms with Crippen LogP contribution in [0, 0.1) is 0 Å². The molecule has 3 aromatic carbocycles. The first kappa shape index (κ1) is 16.9. The van der Waals surface area contributed by atoms with Crippen LogP contribution >= 0.6 is 0 Å². The SMILES string of the molecule is COC(=O)c1cc2ccccc2cc1OC(=O)[C@H]1COc2ccccc2O1. The molecule has 0 bridgehead atoms. The largest absolute Gasteiger partial charge is 0.485 e. The Morgan fingerprint density at radius 2 is 1.63 bits per heavy atom. The van der Waals surface area contributed by atoms with Gasteiger partial charge in [-0.15, -0.1) is 0 Å². The van der Waals surface area contributed by atoms with Crippen LogP contribution in [0.2, 0.25) is 0 Å². The molecule has 3 aromatic rings. The number of methoxy groups -OCH3 is 1. The molecule has 1 aliphatic heterocycles. The van der Waals surface area contributed by atoms with Gasteiger partial charge in [0.25, 0.3) is 0 Å². The summed E-state index contributed by atoms with van der Waals surface area (Å²) >= 11 is 0. The topological polar surface area (TPSA) is 71.1 Å². The normalized spacial score (nSPS) is 15.2. The van der Waals surface area contributed by atoms with Gasteiger partial charge in [0.2, 0.25) is 6.10 Å². The monoisotopic (exact) mass is 364 g/mol. The molecule has 1 heterocycles. The maximum atomic E-state index is 12.6. The highest BCUT2D eigenvalue weighted by Crippen LogP contribution is 2.32. The number of carbonyl (C=O) groups excluding carboxylic acids is 2. The first-order chi connectivity index (χ1) is 13.2. The molecule has 0 radical (unpaired) electrons. The van der Waals surface area contributed by atoms with Crippen LogP contribution < -0.4 is 14.2 Å². The third kappa shape index (κ3) is 3.29. The van der Waals surface area contributed by atoms with Crippen LogP contribution in [0.1, 0.15) is 10.4 Å². The highest BCUT2D eigenvalue weighted by Gasteiger charge is 2.30. The molecule has 0 fully saturated rings. The van der Waals surface area contributed by atoms with Crippen molar-refractivity contribution in [3.63, 3.8) is 0 Å². The van der Waals surface area contributed by atoms with Crippen LogP contribution in [0.25, 0.3) is 10.8 Å². The predicted molar refractivity (Wildman–Crippen MR) is 97.3 cm³/mol. The summed E-state index contributed by atoms with van der Waals surface area (Å²) in [6.07, 6.45) is -0.933. The van der Waals surface area contributed by atoms with E-state index in [1.54, 1.807) is 30.3 Å². The van der Waals surface area contributed by atoms with Gasteiger partial charge in [-0.1, -0.05) is 36.4 Å². The molecule has 0 saturated carbocycles. The Labute approximate surface area is 155 Å². The summed E-state index contributed by atoms with van der Waals surface area (Å²) in [4.78, 5) is 24.7. The van der Waals surface area contributed by atoms with Crippen LogP contribution in [-0.4, -0.2) is 31.8 Å². The molecular formula is C21H16O6. The summed E-state index contributed by atoms with van der Waals surface area (Å²) in [6.45, 7) is 0.0248. The first-order valence-electron chi connectivity index (χ1n) is 8.37. The van der Waals surface area contributed by atoms with E-state index in [1.165, 1.54) is 7.11 Å². The second kappa shape index (κ2) is 6.99. The Balaban J connectivity index is 1.62. The number of fused-ring (bicyclic) bond motifs is 2. The average molecular weight is 364 g/mol. The molecule has 4 rings (SSSR count). The van der Waals surface area contributed by atoms with Gasteiger partial charge in [-0.3, -0.25) is 0 Å². The van der Waals surface area contributed by atoms with Crippen molar-refractivity contribution in [2.75, 3.05) is 13.7 Å². The van der Waals surface area contributed by atoms with E-state index in [4.69, 9.17) is 18.9 Å². The second-order valence-corrected chi connectivity index (χ2v) is 5.97. The summed E-state index contributed by atoms with van der Waals surface area (Å²) < 4.78 is 21.5. The second-order valence-electron chi connectivity index (χ2n) is 5.97. The average Bonchev–Trinajstić information content (AvgIpc) is 2.72. The zero-order valence-corrected chi connectivity index (χ0v) is 14.5. The summed E-state index contributed by atoms with van der Waals surface area (Å²) in [5.41, 5.74) is 0.168. The van der Waals surface area contributed by atoms with Crippen molar-refractivity contribution in [2.24, 2.45) is 0 Å². The van der Waals surface area contributed by atoms with E-state index in [0.717, 1.165) is 10.8 Å². The lowest BCUT2D eigenvalue weighted by atomic mass is 10.1. The molecule has 0 aromatic heterocycles. The van der Waals surface area contributed by atoms with Gasteiger partial charge in [-0.25, -0.2) is 9.59 Å². The minimum Gasteiger partial charge on any atom is -0.485 e. The lowest BCUT2D eigenvalue weighted by molar-refractivity contribution is -0.144. The van der Waals surface area contributed by atoms with Crippen LogP contribution in [0.15, 0.2) is 60.7 Å². The lowest BCUT2D eigenvalue weighted by Gasteiger charge is -2.25. The van der Waals surface area contributed by atoms with Crippen molar-refractivity contribution < 1.29 is 28.5 Å². The number of hydrogen-bond acceptors (Lipinski definition) is 6. The zero-order chi connectivity index (χ0) is 18.8. The molecule has 1 atom stereocenters. The van der Waals surface area contributed by atoms with Gasteiger partial charge in [-0.05, 0) is 35.0 Å². The van der Waals surface area contributed by atoms with Gasteiger partial charge >= 0.3 is 11.9 Å². The molecule has 27 heavy (non-hydrogen) atoms. The standard InChI is InChI=1S/C21H16O6/c1-24-20(22)15-10-13-6-2-3-7-14(13)11-18(15)27-21(23)19-12-25-16-8-4-5-9-17(16)26-19/h2-11,19H,12H2,1H3/t19-/m1/s1. The third-order valence-corrected chi connectivity index (χ3v) is 4.24. The Kier molecular flexibility index (Phi) is 4.38. The number of benzene rings is 3.